The van der Waals surface area contributed by atoms with Gasteiger partial charge in [0.1, 0.15) is 5.54 Å². The van der Waals surface area contributed by atoms with Gasteiger partial charge in [-0.2, -0.15) is 0 Å². The average Bonchev–Trinajstić information content (AvgIpc) is 3.52. The normalized spacial score (nSPS) is 26.6. The zero-order valence-electron chi connectivity index (χ0n) is 19.9. The maximum Gasteiger partial charge on any atom is 0.269 e. The summed E-state index contributed by atoms with van der Waals surface area (Å²) in [5.41, 5.74) is 3.65. The summed E-state index contributed by atoms with van der Waals surface area (Å²) in [5, 5.41) is 14.7. The lowest BCUT2D eigenvalue weighted by molar-refractivity contribution is -0.384. The van der Waals surface area contributed by atoms with E-state index in [4.69, 9.17) is 0 Å². The largest absolute Gasteiger partial charge is 0.324 e. The van der Waals surface area contributed by atoms with Crippen molar-refractivity contribution >= 4 is 34.8 Å². The summed E-state index contributed by atoms with van der Waals surface area (Å²) in [7, 11) is 0. The molecular weight excluding hydrogens is 474 g/mol. The van der Waals surface area contributed by atoms with Crippen LogP contribution in [0.3, 0.4) is 0 Å². The van der Waals surface area contributed by atoms with Crippen LogP contribution in [0.2, 0.25) is 0 Å². The number of benzene rings is 3. The molecule has 3 aromatic carbocycles. The van der Waals surface area contributed by atoms with Crippen LogP contribution in [-0.4, -0.2) is 39.2 Å². The van der Waals surface area contributed by atoms with E-state index in [9.17, 15) is 19.7 Å². The number of fused-ring (bicyclic) bond motifs is 4. The predicted octanol–water partition coefficient (Wildman–Crippen LogP) is 5.03. The maximum absolute atomic E-state index is 14.4. The van der Waals surface area contributed by atoms with Gasteiger partial charge < -0.3 is 5.32 Å². The van der Waals surface area contributed by atoms with Crippen LogP contribution in [0.15, 0.2) is 66.7 Å². The fourth-order valence-corrected chi connectivity index (χ4v) is 7.63. The zero-order valence-corrected chi connectivity index (χ0v) is 20.7. The van der Waals surface area contributed by atoms with Gasteiger partial charge in [0.25, 0.3) is 5.69 Å². The van der Waals surface area contributed by atoms with Crippen molar-refractivity contribution in [1.29, 1.82) is 0 Å². The molecule has 182 valence electrons. The van der Waals surface area contributed by atoms with E-state index in [0.717, 1.165) is 33.7 Å². The number of hydrogen-bond acceptors (Lipinski definition) is 6. The molecule has 4 atom stereocenters. The Morgan fingerprint density at radius 2 is 1.83 bits per heavy atom. The Kier molecular flexibility index (Phi) is 5.28. The molecule has 7 nitrogen and oxygen atoms in total. The van der Waals surface area contributed by atoms with Crippen LogP contribution >= 0.6 is 11.8 Å². The summed E-state index contributed by atoms with van der Waals surface area (Å²) < 4.78 is 0. The summed E-state index contributed by atoms with van der Waals surface area (Å²) in [4.78, 5) is 41.9. The van der Waals surface area contributed by atoms with Crippen molar-refractivity contribution < 1.29 is 14.5 Å². The molecular formula is C28H25N3O4S. The fraction of sp³-hybridized carbons (Fsp3) is 0.286. The first-order valence-corrected chi connectivity index (χ1v) is 13.1. The molecule has 0 unspecified atom stereocenters. The van der Waals surface area contributed by atoms with Gasteiger partial charge in [-0.25, -0.2) is 0 Å². The van der Waals surface area contributed by atoms with Crippen LogP contribution in [0.5, 0.6) is 0 Å². The van der Waals surface area contributed by atoms with E-state index < -0.39 is 16.4 Å². The maximum atomic E-state index is 14.4. The molecule has 3 heterocycles. The molecule has 6 rings (SSSR count). The predicted molar refractivity (Wildman–Crippen MR) is 139 cm³/mol. The minimum atomic E-state index is -1.19. The van der Waals surface area contributed by atoms with Gasteiger partial charge in [0.05, 0.1) is 10.8 Å². The number of ketones is 1. The first-order valence-electron chi connectivity index (χ1n) is 11.9. The number of nitrogens with zero attached hydrogens (tertiary/aromatic N) is 2. The van der Waals surface area contributed by atoms with Gasteiger partial charge >= 0.3 is 0 Å². The summed E-state index contributed by atoms with van der Waals surface area (Å²) in [5.74, 6) is -0.0954. The molecule has 3 aliphatic rings. The first-order chi connectivity index (χ1) is 17.3. The Balaban J connectivity index is 1.62. The molecule has 1 spiro atoms. The molecule has 36 heavy (non-hydrogen) atoms. The standard InChI is InChI=1S/C28H25N3O4S/c1-16-6-9-18(10-7-16)26(32)25-24(19-4-3-5-20(13-19)31(34)35)23-14-36-15-30(23)28(25)21-12-17(2)8-11-22(21)29-27(28)33/h3-13,23-25H,14-15H2,1-2H3,(H,29,33)/t23-,24+,25+,28+/m0/s1. The molecule has 0 bridgehead atoms. The van der Waals surface area contributed by atoms with Crippen molar-refractivity contribution in [3.05, 3.63) is 105 Å². The number of anilines is 1. The minimum absolute atomic E-state index is 0.0145. The van der Waals surface area contributed by atoms with E-state index in [0.29, 0.717) is 11.4 Å². The molecule has 3 aliphatic heterocycles. The first kappa shape index (κ1) is 22.9. The lowest BCUT2D eigenvalue weighted by Crippen LogP contribution is -2.52. The van der Waals surface area contributed by atoms with Crippen LogP contribution < -0.4 is 5.32 Å². The Bertz CT molecular complexity index is 1420. The molecule has 2 saturated heterocycles. The third-order valence-corrected chi connectivity index (χ3v) is 8.90. The molecule has 0 radical (unpaired) electrons. The van der Waals surface area contributed by atoms with Crippen molar-refractivity contribution in [2.75, 3.05) is 16.9 Å². The second-order valence-corrected chi connectivity index (χ2v) is 10.9. The number of non-ortho nitro benzene ring substituents is 1. The number of rotatable bonds is 4. The highest BCUT2D eigenvalue weighted by molar-refractivity contribution is 7.99. The van der Waals surface area contributed by atoms with Gasteiger partial charge in [-0.05, 0) is 25.5 Å². The molecule has 8 heteroatoms. The Morgan fingerprint density at radius 3 is 2.58 bits per heavy atom. The zero-order chi connectivity index (χ0) is 25.2. The van der Waals surface area contributed by atoms with Crippen molar-refractivity contribution in [2.45, 2.75) is 31.3 Å². The fourth-order valence-electron chi connectivity index (χ4n) is 6.31. The highest BCUT2D eigenvalue weighted by atomic mass is 32.2. The number of thioether (sulfide) groups is 1. The van der Waals surface area contributed by atoms with Gasteiger partial charge in [-0.3, -0.25) is 24.6 Å². The summed E-state index contributed by atoms with van der Waals surface area (Å²) in [6.45, 7) is 3.95. The molecule has 2 fully saturated rings. The van der Waals surface area contributed by atoms with Gasteiger partial charge in [-0.15, -0.1) is 11.8 Å². The van der Waals surface area contributed by atoms with E-state index in [2.05, 4.69) is 10.2 Å². The van der Waals surface area contributed by atoms with E-state index in [-0.39, 0.29) is 29.3 Å². The monoisotopic (exact) mass is 499 g/mol. The Hall–Kier alpha value is -3.49. The highest BCUT2D eigenvalue weighted by Crippen LogP contribution is 2.61. The lowest BCUT2D eigenvalue weighted by atomic mass is 9.69. The SMILES string of the molecule is Cc1ccc(C(=O)[C@H]2[C@H](c3cccc([N+](=O)[O-])c3)[C@@H]3CSCN3[C@@]23C(=O)Nc2ccc(C)cc23)cc1. The van der Waals surface area contributed by atoms with E-state index in [1.54, 1.807) is 23.9 Å². The van der Waals surface area contributed by atoms with Crippen LogP contribution in [0.4, 0.5) is 11.4 Å². The van der Waals surface area contributed by atoms with Crippen LogP contribution in [0.25, 0.3) is 0 Å². The number of nitro benzene ring substituents is 1. The van der Waals surface area contributed by atoms with Gasteiger partial charge in [0, 0.05) is 52.5 Å². The highest BCUT2D eigenvalue weighted by Gasteiger charge is 2.69. The second-order valence-electron chi connectivity index (χ2n) is 9.89. The van der Waals surface area contributed by atoms with Gasteiger partial charge in [-0.1, -0.05) is 59.7 Å². The van der Waals surface area contributed by atoms with Crippen molar-refractivity contribution in [2.24, 2.45) is 5.92 Å². The van der Waals surface area contributed by atoms with Crippen LogP contribution in [-0.2, 0) is 10.3 Å². The number of carbonyl (C=O) groups excluding carboxylic acids is 2. The van der Waals surface area contributed by atoms with Crippen LogP contribution in [0, 0.1) is 29.9 Å². The summed E-state index contributed by atoms with van der Waals surface area (Å²) in [6.07, 6.45) is 0. The Labute approximate surface area is 213 Å². The average molecular weight is 500 g/mol. The van der Waals surface area contributed by atoms with Crippen molar-refractivity contribution in [1.82, 2.24) is 4.90 Å². The summed E-state index contributed by atoms with van der Waals surface area (Å²) >= 11 is 1.73. The molecule has 1 amide bonds. The van der Waals surface area contributed by atoms with E-state index >= 15 is 0 Å². The second kappa shape index (κ2) is 8.28. The number of nitro groups is 1. The molecule has 3 aromatic rings. The third kappa shape index (κ3) is 3.17. The molecule has 0 aromatic heterocycles. The number of hydrogen-bond donors (Lipinski definition) is 1. The van der Waals surface area contributed by atoms with Gasteiger partial charge in [0.2, 0.25) is 5.91 Å². The lowest BCUT2D eigenvalue weighted by Gasteiger charge is -2.36. The van der Waals surface area contributed by atoms with Crippen molar-refractivity contribution in [3.8, 4) is 0 Å². The van der Waals surface area contributed by atoms with Gasteiger partial charge in [0.15, 0.2) is 5.78 Å². The number of amides is 1. The smallest absolute Gasteiger partial charge is 0.269 e. The van der Waals surface area contributed by atoms with Crippen molar-refractivity contribution in [3.63, 3.8) is 0 Å². The molecule has 0 saturated carbocycles. The minimum Gasteiger partial charge on any atom is -0.324 e. The quantitative estimate of drug-likeness (QED) is 0.308. The molecule has 0 aliphatic carbocycles. The number of aryl methyl sites for hydroxylation is 2. The topological polar surface area (TPSA) is 92.5 Å². The Morgan fingerprint density at radius 1 is 1.08 bits per heavy atom. The van der Waals surface area contributed by atoms with E-state index in [1.165, 1.54) is 6.07 Å². The summed E-state index contributed by atoms with van der Waals surface area (Å²) in [6, 6.07) is 19.8. The van der Waals surface area contributed by atoms with E-state index in [1.807, 2.05) is 62.4 Å². The number of Topliss-reactive ketones (excluding diaryl/α,β-unsaturated/α-hetero) is 1. The van der Waals surface area contributed by atoms with Crippen LogP contribution in [0.1, 0.15) is 38.5 Å². The number of carbonyl (C=O) groups is 2. The third-order valence-electron chi connectivity index (χ3n) is 7.86. The molecule has 1 N–H and O–H groups in total. The number of nitrogens with one attached hydrogen (secondary N) is 1.